The van der Waals surface area contributed by atoms with Crippen LogP contribution in [0.2, 0.25) is 0 Å². The lowest BCUT2D eigenvalue weighted by Crippen LogP contribution is -2.56. The van der Waals surface area contributed by atoms with Crippen molar-refractivity contribution in [2.75, 3.05) is 26.2 Å². The summed E-state index contributed by atoms with van der Waals surface area (Å²) in [5.74, 6) is 0.521. The highest BCUT2D eigenvalue weighted by atomic mass is 16.2. The second-order valence-electron chi connectivity index (χ2n) is 6.95. The Labute approximate surface area is 155 Å². The van der Waals surface area contributed by atoms with Crippen molar-refractivity contribution in [1.82, 2.24) is 25.5 Å². The normalized spacial score (nSPS) is 17.5. The molecule has 2 rings (SSSR count). The van der Waals surface area contributed by atoms with Gasteiger partial charge in [0.25, 0.3) is 0 Å². The van der Waals surface area contributed by atoms with Gasteiger partial charge in [-0.25, -0.2) is 9.97 Å². The SMILES string of the molecule is CC(C)=CCN1CCNC(=O)C1CC(=O)NCCc1nc(C)cc(C)n1. The lowest BCUT2D eigenvalue weighted by molar-refractivity contribution is -0.133. The van der Waals surface area contributed by atoms with Crippen molar-refractivity contribution in [3.05, 3.63) is 34.9 Å². The topological polar surface area (TPSA) is 87.2 Å². The van der Waals surface area contributed by atoms with Crippen molar-refractivity contribution >= 4 is 11.8 Å². The second-order valence-corrected chi connectivity index (χ2v) is 6.95. The van der Waals surface area contributed by atoms with Gasteiger partial charge in [-0.3, -0.25) is 14.5 Å². The van der Waals surface area contributed by atoms with Crippen LogP contribution in [-0.4, -0.2) is 58.9 Å². The van der Waals surface area contributed by atoms with Gasteiger partial charge in [-0.05, 0) is 33.8 Å². The predicted octanol–water partition coefficient (Wildman–Crippen LogP) is 0.909. The Morgan fingerprint density at radius 1 is 1.35 bits per heavy atom. The van der Waals surface area contributed by atoms with E-state index in [9.17, 15) is 9.59 Å². The Morgan fingerprint density at radius 2 is 2.04 bits per heavy atom. The van der Waals surface area contributed by atoms with Crippen LogP contribution in [0.5, 0.6) is 0 Å². The summed E-state index contributed by atoms with van der Waals surface area (Å²) in [4.78, 5) is 35.3. The van der Waals surface area contributed by atoms with Gasteiger partial charge in [0.2, 0.25) is 11.8 Å². The van der Waals surface area contributed by atoms with Crippen LogP contribution in [0, 0.1) is 13.8 Å². The average molecular weight is 359 g/mol. The molecular formula is C19H29N5O2. The number of hydrogen-bond donors (Lipinski definition) is 2. The van der Waals surface area contributed by atoms with E-state index >= 15 is 0 Å². The Bertz CT molecular complexity index is 662. The molecule has 0 aromatic carbocycles. The van der Waals surface area contributed by atoms with E-state index in [2.05, 4.69) is 31.6 Å². The lowest BCUT2D eigenvalue weighted by atomic mass is 10.1. The molecule has 2 amide bonds. The Kier molecular flexibility index (Phi) is 7.26. The Hall–Kier alpha value is -2.28. The minimum Gasteiger partial charge on any atom is -0.356 e. The summed E-state index contributed by atoms with van der Waals surface area (Å²) in [5, 5.41) is 5.73. The zero-order chi connectivity index (χ0) is 19.1. The lowest BCUT2D eigenvalue weighted by Gasteiger charge is -2.34. The molecule has 1 fully saturated rings. The molecule has 2 heterocycles. The predicted molar refractivity (Wildman–Crippen MR) is 101 cm³/mol. The van der Waals surface area contributed by atoms with Crippen molar-refractivity contribution < 1.29 is 9.59 Å². The molecule has 1 aliphatic heterocycles. The van der Waals surface area contributed by atoms with Crippen molar-refractivity contribution in [2.24, 2.45) is 0 Å². The number of carbonyl (C=O) groups is 2. The monoisotopic (exact) mass is 359 g/mol. The van der Waals surface area contributed by atoms with Crippen LogP contribution in [0.15, 0.2) is 17.7 Å². The number of rotatable bonds is 7. The summed E-state index contributed by atoms with van der Waals surface area (Å²) < 4.78 is 0. The number of hydrogen-bond acceptors (Lipinski definition) is 5. The summed E-state index contributed by atoms with van der Waals surface area (Å²) in [5.41, 5.74) is 3.05. The quantitative estimate of drug-likeness (QED) is 0.707. The fourth-order valence-electron chi connectivity index (χ4n) is 2.97. The molecule has 0 spiro atoms. The zero-order valence-corrected chi connectivity index (χ0v) is 16.1. The van der Waals surface area contributed by atoms with E-state index in [4.69, 9.17) is 0 Å². The molecule has 0 radical (unpaired) electrons. The maximum absolute atomic E-state index is 12.3. The van der Waals surface area contributed by atoms with E-state index < -0.39 is 6.04 Å². The number of aryl methyl sites for hydroxylation is 2. The van der Waals surface area contributed by atoms with Gasteiger partial charge in [0, 0.05) is 44.0 Å². The molecule has 7 heteroatoms. The van der Waals surface area contributed by atoms with E-state index in [-0.39, 0.29) is 18.2 Å². The molecule has 1 aliphatic rings. The first-order valence-corrected chi connectivity index (χ1v) is 9.08. The second kappa shape index (κ2) is 9.43. The molecule has 1 saturated heterocycles. The molecule has 0 bridgehead atoms. The molecule has 2 N–H and O–H groups in total. The van der Waals surface area contributed by atoms with Crippen molar-refractivity contribution in [3.63, 3.8) is 0 Å². The van der Waals surface area contributed by atoms with E-state index in [0.29, 0.717) is 26.1 Å². The summed E-state index contributed by atoms with van der Waals surface area (Å²) in [6.45, 7) is 10.4. The molecule has 26 heavy (non-hydrogen) atoms. The van der Waals surface area contributed by atoms with E-state index in [1.807, 2.05) is 33.8 Å². The third-order valence-electron chi connectivity index (χ3n) is 4.25. The largest absolute Gasteiger partial charge is 0.356 e. The van der Waals surface area contributed by atoms with E-state index in [0.717, 1.165) is 23.8 Å². The standard InChI is InChI=1S/C19H29N5O2/c1-13(2)6-9-24-10-8-21-19(26)16(24)12-18(25)20-7-5-17-22-14(3)11-15(4)23-17/h6,11,16H,5,7-10,12H2,1-4H3,(H,20,25)(H,21,26). The molecule has 0 aliphatic carbocycles. The summed E-state index contributed by atoms with van der Waals surface area (Å²) >= 11 is 0. The maximum Gasteiger partial charge on any atom is 0.237 e. The zero-order valence-electron chi connectivity index (χ0n) is 16.1. The fraction of sp³-hybridized carbons (Fsp3) is 0.579. The minimum absolute atomic E-state index is 0.0776. The number of aromatic nitrogens is 2. The summed E-state index contributed by atoms with van der Waals surface area (Å²) in [6.07, 6.45) is 2.82. The van der Waals surface area contributed by atoms with E-state index in [1.165, 1.54) is 5.57 Å². The average Bonchev–Trinajstić information content (AvgIpc) is 2.54. The van der Waals surface area contributed by atoms with Crippen molar-refractivity contribution in [3.8, 4) is 0 Å². The van der Waals surface area contributed by atoms with Gasteiger partial charge < -0.3 is 10.6 Å². The van der Waals surface area contributed by atoms with Crippen LogP contribution < -0.4 is 10.6 Å². The van der Waals surface area contributed by atoms with Crippen molar-refractivity contribution in [2.45, 2.75) is 46.6 Å². The number of amides is 2. The summed E-state index contributed by atoms with van der Waals surface area (Å²) in [7, 11) is 0. The molecule has 1 aromatic rings. The Morgan fingerprint density at radius 3 is 2.69 bits per heavy atom. The van der Waals surface area contributed by atoms with Gasteiger partial charge in [-0.1, -0.05) is 11.6 Å². The van der Waals surface area contributed by atoms with Crippen LogP contribution in [0.3, 0.4) is 0 Å². The van der Waals surface area contributed by atoms with Gasteiger partial charge in [0.1, 0.15) is 5.82 Å². The first kappa shape index (κ1) is 20.0. The van der Waals surface area contributed by atoms with Gasteiger partial charge in [-0.2, -0.15) is 0 Å². The van der Waals surface area contributed by atoms with Gasteiger partial charge in [0.15, 0.2) is 0 Å². The van der Waals surface area contributed by atoms with Crippen LogP contribution in [0.4, 0.5) is 0 Å². The third-order valence-corrected chi connectivity index (χ3v) is 4.25. The van der Waals surface area contributed by atoms with Crippen molar-refractivity contribution in [1.29, 1.82) is 0 Å². The van der Waals surface area contributed by atoms with Crippen LogP contribution in [0.1, 0.15) is 37.5 Å². The van der Waals surface area contributed by atoms with Gasteiger partial charge in [0.05, 0.1) is 12.5 Å². The molecule has 1 aromatic heterocycles. The number of allylic oxidation sites excluding steroid dienone is 1. The number of nitrogens with one attached hydrogen (secondary N) is 2. The number of carbonyl (C=O) groups excluding carboxylic acids is 2. The molecular weight excluding hydrogens is 330 g/mol. The molecule has 1 atom stereocenters. The molecule has 0 saturated carbocycles. The van der Waals surface area contributed by atoms with Crippen LogP contribution in [0.25, 0.3) is 0 Å². The maximum atomic E-state index is 12.3. The third kappa shape index (κ3) is 6.22. The highest BCUT2D eigenvalue weighted by Crippen LogP contribution is 2.10. The molecule has 1 unspecified atom stereocenters. The smallest absolute Gasteiger partial charge is 0.237 e. The summed E-state index contributed by atoms with van der Waals surface area (Å²) in [6, 6.07) is 1.50. The van der Waals surface area contributed by atoms with E-state index in [1.54, 1.807) is 0 Å². The first-order chi connectivity index (χ1) is 12.3. The fourth-order valence-corrected chi connectivity index (χ4v) is 2.97. The molecule has 7 nitrogen and oxygen atoms in total. The number of nitrogens with zero attached hydrogens (tertiary/aromatic N) is 3. The van der Waals surface area contributed by atoms with Gasteiger partial charge >= 0.3 is 0 Å². The van der Waals surface area contributed by atoms with Crippen LogP contribution >= 0.6 is 0 Å². The number of piperazine rings is 1. The highest BCUT2D eigenvalue weighted by molar-refractivity contribution is 5.88. The Balaban J connectivity index is 1.86. The highest BCUT2D eigenvalue weighted by Gasteiger charge is 2.30. The first-order valence-electron chi connectivity index (χ1n) is 9.08. The molecule has 142 valence electrons. The minimum atomic E-state index is -0.420. The van der Waals surface area contributed by atoms with Gasteiger partial charge in [-0.15, -0.1) is 0 Å². The van der Waals surface area contributed by atoms with Crippen LogP contribution in [-0.2, 0) is 16.0 Å².